The normalized spacial score (nSPS) is 11.0. The Labute approximate surface area is 83.1 Å². The van der Waals surface area contributed by atoms with E-state index in [-0.39, 0.29) is 0 Å². The molecule has 0 aromatic carbocycles. The van der Waals surface area contributed by atoms with E-state index in [0.717, 1.165) is 25.3 Å². The molecule has 13 heavy (non-hydrogen) atoms. The molecule has 4 nitrogen and oxygen atoms in total. The van der Waals surface area contributed by atoms with Crippen molar-refractivity contribution in [2.75, 3.05) is 13.1 Å². The summed E-state index contributed by atoms with van der Waals surface area (Å²) in [5.41, 5.74) is 1.02. The van der Waals surface area contributed by atoms with Gasteiger partial charge in [0.15, 0.2) is 0 Å². The van der Waals surface area contributed by atoms with Crippen molar-refractivity contribution in [3.8, 4) is 0 Å². The van der Waals surface area contributed by atoms with Crippen molar-refractivity contribution in [2.24, 2.45) is 0 Å². The molecular formula is C8H16N4S. The second kappa shape index (κ2) is 6.01. The number of hydrogen-bond donors (Lipinski definition) is 2. The average molecular weight is 200 g/mol. The molecule has 0 aliphatic carbocycles. The molecule has 0 radical (unpaired) electrons. The maximum absolute atomic E-state index is 4.10. The summed E-state index contributed by atoms with van der Waals surface area (Å²) in [6, 6.07) is 0.558. The molecule has 74 valence electrons. The van der Waals surface area contributed by atoms with Gasteiger partial charge in [-0.05, 0) is 0 Å². The molecule has 1 rings (SSSR count). The van der Waals surface area contributed by atoms with Crippen LogP contribution < -0.4 is 10.6 Å². The monoisotopic (exact) mass is 200 g/mol. The molecule has 2 N–H and O–H groups in total. The highest BCUT2D eigenvalue weighted by Gasteiger charge is 1.95. The first-order chi connectivity index (χ1) is 6.29. The molecule has 0 amide bonds. The fourth-order valence-electron chi connectivity index (χ4n) is 0.928. The van der Waals surface area contributed by atoms with Crippen LogP contribution in [0.15, 0.2) is 6.20 Å². The molecule has 0 atom stereocenters. The van der Waals surface area contributed by atoms with Crippen molar-refractivity contribution >= 4 is 11.7 Å². The number of nitrogens with one attached hydrogen (secondary N) is 2. The summed E-state index contributed by atoms with van der Waals surface area (Å²) in [5.74, 6) is 0. The van der Waals surface area contributed by atoms with Crippen LogP contribution in [0.1, 0.15) is 19.5 Å². The Bertz CT molecular complexity index is 210. The second-order valence-corrected chi connectivity index (χ2v) is 3.74. The summed E-state index contributed by atoms with van der Waals surface area (Å²) in [6.07, 6.45) is 1.80. The maximum Gasteiger partial charge on any atom is 0.0880 e. The zero-order valence-electron chi connectivity index (χ0n) is 8.08. The minimum absolute atomic E-state index is 0.558. The molecule has 0 aliphatic rings. The first-order valence-electron chi connectivity index (χ1n) is 4.49. The quantitative estimate of drug-likeness (QED) is 0.661. The van der Waals surface area contributed by atoms with E-state index in [9.17, 15) is 0 Å². The van der Waals surface area contributed by atoms with Crippen molar-refractivity contribution in [2.45, 2.75) is 26.4 Å². The van der Waals surface area contributed by atoms with Crippen molar-refractivity contribution in [1.29, 1.82) is 0 Å². The molecule has 0 unspecified atom stereocenters. The lowest BCUT2D eigenvalue weighted by atomic mass is 10.4. The Morgan fingerprint density at radius 3 is 2.92 bits per heavy atom. The lowest BCUT2D eigenvalue weighted by molar-refractivity contribution is 0.554. The third kappa shape index (κ3) is 4.92. The van der Waals surface area contributed by atoms with Crippen molar-refractivity contribution in [3.05, 3.63) is 11.9 Å². The van der Waals surface area contributed by atoms with Gasteiger partial charge in [-0.1, -0.05) is 13.8 Å². The average Bonchev–Trinajstić information content (AvgIpc) is 2.55. The smallest absolute Gasteiger partial charge is 0.0880 e. The van der Waals surface area contributed by atoms with E-state index in [0.29, 0.717) is 6.04 Å². The van der Waals surface area contributed by atoms with Crippen LogP contribution in [0.4, 0.5) is 0 Å². The number of aromatic nitrogens is 2. The summed E-state index contributed by atoms with van der Waals surface area (Å²) in [7, 11) is 0. The van der Waals surface area contributed by atoms with Gasteiger partial charge < -0.3 is 10.6 Å². The van der Waals surface area contributed by atoms with Gasteiger partial charge >= 0.3 is 0 Å². The van der Waals surface area contributed by atoms with E-state index >= 15 is 0 Å². The standard InChI is InChI=1S/C8H16N4S/c1-7(2)10-4-3-9-5-8-6-11-13-12-8/h6-7,9-10H,3-5H2,1-2H3. The summed E-state index contributed by atoms with van der Waals surface area (Å²) < 4.78 is 8.02. The van der Waals surface area contributed by atoms with Gasteiger partial charge in [-0.3, -0.25) is 0 Å². The topological polar surface area (TPSA) is 49.8 Å². The van der Waals surface area contributed by atoms with Gasteiger partial charge in [-0.2, -0.15) is 8.75 Å². The molecule has 0 saturated heterocycles. The van der Waals surface area contributed by atoms with Crippen molar-refractivity contribution in [3.63, 3.8) is 0 Å². The van der Waals surface area contributed by atoms with Gasteiger partial charge in [0.25, 0.3) is 0 Å². The third-order valence-corrected chi connectivity index (χ3v) is 2.08. The van der Waals surface area contributed by atoms with Gasteiger partial charge in [0.05, 0.1) is 23.6 Å². The highest BCUT2D eigenvalue weighted by atomic mass is 32.1. The van der Waals surface area contributed by atoms with Crippen LogP contribution in [-0.4, -0.2) is 27.9 Å². The number of nitrogens with zero attached hydrogens (tertiary/aromatic N) is 2. The van der Waals surface area contributed by atoms with E-state index < -0.39 is 0 Å². The summed E-state index contributed by atoms with van der Waals surface area (Å²) in [4.78, 5) is 0. The first kappa shape index (κ1) is 10.6. The van der Waals surface area contributed by atoms with Gasteiger partial charge in [-0.15, -0.1) is 0 Å². The molecule has 1 heterocycles. The Hall–Kier alpha value is -0.520. The molecule has 1 aromatic heterocycles. The van der Waals surface area contributed by atoms with Crippen molar-refractivity contribution < 1.29 is 0 Å². The summed E-state index contributed by atoms with van der Waals surface area (Å²) in [5, 5.41) is 6.61. The minimum Gasteiger partial charge on any atom is -0.313 e. The number of hydrogen-bond acceptors (Lipinski definition) is 5. The fraction of sp³-hybridized carbons (Fsp3) is 0.750. The third-order valence-electron chi connectivity index (χ3n) is 1.57. The minimum atomic E-state index is 0.558. The van der Waals surface area contributed by atoms with Crippen LogP contribution in [-0.2, 0) is 6.54 Å². The van der Waals surface area contributed by atoms with E-state index in [1.807, 2.05) is 0 Å². The SMILES string of the molecule is CC(C)NCCNCc1cnsn1. The zero-order chi connectivity index (χ0) is 9.52. The van der Waals surface area contributed by atoms with Crippen LogP contribution in [0.25, 0.3) is 0 Å². The molecule has 0 aliphatic heterocycles. The molecule has 0 bridgehead atoms. The van der Waals surface area contributed by atoms with Crippen LogP contribution in [0.2, 0.25) is 0 Å². The van der Waals surface area contributed by atoms with E-state index in [2.05, 4.69) is 33.2 Å². The van der Waals surface area contributed by atoms with Crippen LogP contribution in [0, 0.1) is 0 Å². The molecule has 0 spiro atoms. The first-order valence-corrected chi connectivity index (χ1v) is 5.22. The number of rotatable bonds is 6. The van der Waals surface area contributed by atoms with E-state index in [1.54, 1.807) is 6.20 Å². The van der Waals surface area contributed by atoms with Crippen molar-refractivity contribution in [1.82, 2.24) is 19.4 Å². The largest absolute Gasteiger partial charge is 0.313 e. The summed E-state index contributed by atoms with van der Waals surface area (Å²) >= 11 is 1.25. The predicted molar refractivity (Wildman–Crippen MR) is 54.8 cm³/mol. The maximum atomic E-state index is 4.10. The molecule has 1 aromatic rings. The Balaban J connectivity index is 1.96. The van der Waals surface area contributed by atoms with Gasteiger partial charge in [0.2, 0.25) is 0 Å². The second-order valence-electron chi connectivity index (χ2n) is 3.18. The molecule has 0 fully saturated rings. The lowest BCUT2D eigenvalue weighted by Crippen LogP contribution is -2.31. The van der Waals surface area contributed by atoms with Crippen LogP contribution >= 0.6 is 11.7 Å². The van der Waals surface area contributed by atoms with Gasteiger partial charge in [0.1, 0.15) is 0 Å². The van der Waals surface area contributed by atoms with Crippen LogP contribution in [0.3, 0.4) is 0 Å². The highest BCUT2D eigenvalue weighted by Crippen LogP contribution is 1.92. The summed E-state index contributed by atoms with van der Waals surface area (Å²) in [6.45, 7) is 7.07. The molecule has 5 heteroatoms. The van der Waals surface area contributed by atoms with E-state index in [4.69, 9.17) is 0 Å². The van der Waals surface area contributed by atoms with E-state index in [1.165, 1.54) is 11.7 Å². The predicted octanol–water partition coefficient (Wildman–Crippen LogP) is 0.626. The van der Waals surface area contributed by atoms with Crippen LogP contribution in [0.5, 0.6) is 0 Å². The van der Waals surface area contributed by atoms with Gasteiger partial charge in [-0.25, -0.2) is 0 Å². The highest BCUT2D eigenvalue weighted by molar-refractivity contribution is 6.99. The Kier molecular flexibility index (Phi) is 4.88. The zero-order valence-corrected chi connectivity index (χ0v) is 8.90. The lowest BCUT2D eigenvalue weighted by Gasteiger charge is -2.07. The Morgan fingerprint density at radius 2 is 2.31 bits per heavy atom. The molecular weight excluding hydrogens is 184 g/mol. The molecule has 0 saturated carbocycles. The fourth-order valence-corrected chi connectivity index (χ4v) is 1.36. The Morgan fingerprint density at radius 1 is 1.46 bits per heavy atom. The van der Waals surface area contributed by atoms with Gasteiger partial charge in [0, 0.05) is 25.7 Å².